The highest BCUT2D eigenvalue weighted by atomic mass is 19.1. The Balaban J connectivity index is 1.23. The third-order valence-corrected chi connectivity index (χ3v) is 5.89. The van der Waals surface area contributed by atoms with Crippen molar-refractivity contribution in [3.63, 3.8) is 0 Å². The molecule has 1 aliphatic carbocycles. The fourth-order valence-electron chi connectivity index (χ4n) is 3.84. The third-order valence-electron chi connectivity index (χ3n) is 5.89. The summed E-state index contributed by atoms with van der Waals surface area (Å²) in [6.07, 6.45) is 2.39. The summed E-state index contributed by atoms with van der Waals surface area (Å²) in [7, 11) is 0. The van der Waals surface area contributed by atoms with Gasteiger partial charge < -0.3 is 9.80 Å². The molecule has 1 aromatic carbocycles. The molecule has 0 radical (unpaired) electrons. The van der Waals surface area contributed by atoms with Crippen LogP contribution in [0, 0.1) is 5.82 Å². The number of nitrogens with zero attached hydrogens (tertiary/aromatic N) is 6. The lowest BCUT2D eigenvalue weighted by Crippen LogP contribution is -2.49. The first-order chi connectivity index (χ1) is 15.6. The molecule has 1 saturated heterocycles. The van der Waals surface area contributed by atoms with Crippen LogP contribution in [0.15, 0.2) is 53.3 Å². The van der Waals surface area contributed by atoms with E-state index in [4.69, 9.17) is 0 Å². The summed E-state index contributed by atoms with van der Waals surface area (Å²) in [5.74, 6) is 0.840. The summed E-state index contributed by atoms with van der Waals surface area (Å²) >= 11 is 0. The van der Waals surface area contributed by atoms with Gasteiger partial charge in [0.05, 0.1) is 12.2 Å². The maximum Gasteiger partial charge on any atom is 0.274 e. The molecule has 164 valence electrons. The molecule has 0 N–H and O–H groups in total. The second-order valence-corrected chi connectivity index (χ2v) is 8.21. The Morgan fingerprint density at radius 1 is 0.938 bits per heavy atom. The lowest BCUT2D eigenvalue weighted by atomic mass is 10.2. The Morgan fingerprint density at radius 3 is 2.34 bits per heavy atom. The number of piperazine rings is 1. The van der Waals surface area contributed by atoms with Crippen LogP contribution in [0.4, 0.5) is 10.2 Å². The first-order valence-electron chi connectivity index (χ1n) is 10.8. The topological polar surface area (TPSA) is 84.2 Å². The van der Waals surface area contributed by atoms with Crippen LogP contribution in [0.25, 0.3) is 0 Å². The molecule has 9 heteroatoms. The van der Waals surface area contributed by atoms with Crippen molar-refractivity contribution in [3.05, 3.63) is 81.7 Å². The smallest absolute Gasteiger partial charge is 0.274 e. The highest BCUT2D eigenvalue weighted by Gasteiger charge is 2.27. The van der Waals surface area contributed by atoms with Crippen LogP contribution in [0.3, 0.4) is 0 Å². The Hall–Kier alpha value is -3.62. The molecular formula is C23H23FN6O2. The molecule has 1 saturated carbocycles. The van der Waals surface area contributed by atoms with Gasteiger partial charge in [-0.25, -0.2) is 9.07 Å². The first kappa shape index (κ1) is 20.3. The van der Waals surface area contributed by atoms with Crippen molar-refractivity contribution in [2.24, 2.45) is 0 Å². The molecule has 2 aliphatic rings. The molecule has 1 amide bonds. The number of carbonyl (C=O) groups excluding carboxylic acids is 1. The predicted octanol–water partition coefficient (Wildman–Crippen LogP) is 2.06. The lowest BCUT2D eigenvalue weighted by molar-refractivity contribution is 0.0737. The van der Waals surface area contributed by atoms with Crippen molar-refractivity contribution >= 4 is 11.7 Å². The lowest BCUT2D eigenvalue weighted by Gasteiger charge is -2.35. The maximum atomic E-state index is 13.1. The Labute approximate surface area is 184 Å². The summed E-state index contributed by atoms with van der Waals surface area (Å²) < 4.78 is 14.4. The average Bonchev–Trinajstić information content (AvgIpc) is 3.67. The number of rotatable bonds is 5. The first-order valence-corrected chi connectivity index (χ1v) is 10.8. The number of anilines is 1. The van der Waals surface area contributed by atoms with E-state index in [1.54, 1.807) is 17.0 Å². The van der Waals surface area contributed by atoms with Gasteiger partial charge in [-0.15, -0.1) is 5.10 Å². The van der Waals surface area contributed by atoms with Gasteiger partial charge in [0.15, 0.2) is 5.82 Å². The van der Waals surface area contributed by atoms with E-state index in [0.29, 0.717) is 32.1 Å². The molecule has 2 fully saturated rings. The zero-order chi connectivity index (χ0) is 22.1. The molecule has 0 bridgehead atoms. The van der Waals surface area contributed by atoms with Gasteiger partial charge in [0.2, 0.25) is 0 Å². The summed E-state index contributed by atoms with van der Waals surface area (Å²) in [6.45, 7) is 2.54. The van der Waals surface area contributed by atoms with E-state index in [9.17, 15) is 14.0 Å². The maximum absolute atomic E-state index is 13.1. The SMILES string of the molecule is O=C(c1ccc(=O)n(Cc2ccc(F)cc2)n1)N1CCN(c2ccc(C3CC3)nn2)CC1. The van der Waals surface area contributed by atoms with E-state index in [1.807, 2.05) is 12.1 Å². The number of aromatic nitrogens is 4. The highest BCUT2D eigenvalue weighted by Crippen LogP contribution is 2.38. The number of halogens is 1. The molecule has 1 aliphatic heterocycles. The van der Waals surface area contributed by atoms with E-state index in [2.05, 4.69) is 20.2 Å². The Kier molecular flexibility index (Phi) is 5.38. The number of carbonyl (C=O) groups is 1. The van der Waals surface area contributed by atoms with E-state index < -0.39 is 0 Å². The van der Waals surface area contributed by atoms with Crippen molar-refractivity contribution in [1.82, 2.24) is 24.9 Å². The van der Waals surface area contributed by atoms with Gasteiger partial charge in [0.1, 0.15) is 11.5 Å². The summed E-state index contributed by atoms with van der Waals surface area (Å²) in [4.78, 5) is 29.0. The standard InChI is InChI=1S/C23H23FN6O2/c24-18-5-1-16(2-6-18)15-30-22(31)10-8-20(27-30)23(32)29-13-11-28(12-14-29)21-9-7-19(25-26-21)17-3-4-17/h1-2,5-10,17H,3-4,11-15H2. The van der Waals surface area contributed by atoms with E-state index in [-0.39, 0.29) is 29.5 Å². The molecular weight excluding hydrogens is 411 g/mol. The second-order valence-electron chi connectivity index (χ2n) is 8.21. The van der Waals surface area contributed by atoms with E-state index in [1.165, 1.54) is 41.8 Å². The number of benzene rings is 1. The number of amides is 1. The van der Waals surface area contributed by atoms with Gasteiger partial charge >= 0.3 is 0 Å². The number of hydrogen-bond donors (Lipinski definition) is 0. The van der Waals surface area contributed by atoms with Gasteiger partial charge in [0.25, 0.3) is 11.5 Å². The van der Waals surface area contributed by atoms with Crippen LogP contribution < -0.4 is 10.5 Å². The van der Waals surface area contributed by atoms with Crippen LogP contribution >= 0.6 is 0 Å². The van der Waals surface area contributed by atoms with Gasteiger partial charge in [-0.3, -0.25) is 9.59 Å². The largest absolute Gasteiger partial charge is 0.352 e. The monoisotopic (exact) mass is 434 g/mol. The summed E-state index contributed by atoms with van der Waals surface area (Å²) in [5.41, 5.74) is 1.69. The van der Waals surface area contributed by atoms with Gasteiger partial charge in [-0.05, 0) is 48.7 Å². The van der Waals surface area contributed by atoms with Crippen LogP contribution in [0.2, 0.25) is 0 Å². The van der Waals surface area contributed by atoms with Crippen LogP contribution in [-0.2, 0) is 6.54 Å². The van der Waals surface area contributed by atoms with Crippen molar-refractivity contribution in [1.29, 1.82) is 0 Å². The molecule has 32 heavy (non-hydrogen) atoms. The molecule has 0 spiro atoms. The molecule has 2 aromatic heterocycles. The molecule has 8 nitrogen and oxygen atoms in total. The second kappa shape index (κ2) is 8.49. The third kappa shape index (κ3) is 4.37. The molecule has 3 heterocycles. The van der Waals surface area contributed by atoms with Gasteiger partial charge in [-0.2, -0.15) is 10.2 Å². The minimum Gasteiger partial charge on any atom is -0.352 e. The fourth-order valence-corrected chi connectivity index (χ4v) is 3.84. The molecule has 0 atom stereocenters. The molecule has 0 unspecified atom stereocenters. The van der Waals surface area contributed by atoms with Gasteiger partial charge in [-0.1, -0.05) is 12.1 Å². The molecule has 5 rings (SSSR count). The quantitative estimate of drug-likeness (QED) is 0.611. The van der Waals surface area contributed by atoms with Crippen molar-refractivity contribution in [3.8, 4) is 0 Å². The minimum absolute atomic E-state index is 0.170. The average molecular weight is 434 g/mol. The minimum atomic E-state index is -0.345. The van der Waals surface area contributed by atoms with Crippen LogP contribution in [-0.4, -0.2) is 57.0 Å². The van der Waals surface area contributed by atoms with E-state index >= 15 is 0 Å². The zero-order valence-electron chi connectivity index (χ0n) is 17.5. The summed E-state index contributed by atoms with van der Waals surface area (Å²) in [6, 6.07) is 12.7. The Bertz CT molecular complexity index is 1170. The molecule has 3 aromatic rings. The van der Waals surface area contributed by atoms with E-state index in [0.717, 1.165) is 17.1 Å². The predicted molar refractivity (Wildman–Crippen MR) is 116 cm³/mol. The summed E-state index contributed by atoms with van der Waals surface area (Å²) in [5, 5.41) is 13.0. The zero-order valence-corrected chi connectivity index (χ0v) is 17.5. The van der Waals surface area contributed by atoms with Crippen LogP contribution in [0.5, 0.6) is 0 Å². The fraction of sp³-hybridized carbons (Fsp3) is 0.348. The number of hydrogen-bond acceptors (Lipinski definition) is 6. The van der Waals surface area contributed by atoms with Gasteiger partial charge in [0, 0.05) is 38.2 Å². The van der Waals surface area contributed by atoms with Crippen molar-refractivity contribution in [2.45, 2.75) is 25.3 Å². The van der Waals surface area contributed by atoms with Crippen LogP contribution in [0.1, 0.15) is 40.5 Å². The highest BCUT2D eigenvalue weighted by molar-refractivity contribution is 5.92. The normalized spacial score (nSPS) is 16.3. The van der Waals surface area contributed by atoms with Crippen molar-refractivity contribution < 1.29 is 9.18 Å². The Morgan fingerprint density at radius 2 is 1.69 bits per heavy atom. The van der Waals surface area contributed by atoms with Crippen molar-refractivity contribution in [2.75, 3.05) is 31.1 Å².